The number of nitrogens with two attached hydrogens (primary N) is 1. The number of hydrogen-bond acceptors (Lipinski definition) is 3. The van der Waals surface area contributed by atoms with Gasteiger partial charge in [0, 0.05) is 10.4 Å². The Bertz CT molecular complexity index is 685. The van der Waals surface area contributed by atoms with Gasteiger partial charge in [0.2, 0.25) is 0 Å². The topological polar surface area (TPSA) is 43.1 Å². The van der Waals surface area contributed by atoms with Crippen LogP contribution in [0.5, 0.6) is 0 Å². The molecule has 0 fully saturated rings. The van der Waals surface area contributed by atoms with Gasteiger partial charge in [0.25, 0.3) is 0 Å². The van der Waals surface area contributed by atoms with Gasteiger partial charge in [-0.1, -0.05) is 12.1 Å². The Balaban J connectivity index is 2.06. The van der Waals surface area contributed by atoms with Gasteiger partial charge in [0.1, 0.15) is 0 Å². The van der Waals surface area contributed by atoms with Gasteiger partial charge in [-0.3, -0.25) is 4.79 Å². The van der Waals surface area contributed by atoms with Crippen molar-refractivity contribution in [1.29, 1.82) is 0 Å². The summed E-state index contributed by atoms with van der Waals surface area (Å²) in [5, 5.41) is 0.695. The van der Waals surface area contributed by atoms with Gasteiger partial charge in [0.05, 0.1) is 10.6 Å². The zero-order valence-electron chi connectivity index (χ0n) is 12.0. The molecule has 104 valence electrons. The maximum Gasteiger partial charge on any atom is 0.196 e. The standard InChI is InChI=1S/C17H19NOS/c1-10-7-8-12(9-11(10)2)16(19)15-13-5-3-4-6-14(13)20-17(15)18/h7-9H,3-6,18H2,1-2H3. The zero-order valence-corrected chi connectivity index (χ0v) is 12.8. The minimum atomic E-state index is 0.0880. The fourth-order valence-electron chi connectivity index (χ4n) is 2.86. The summed E-state index contributed by atoms with van der Waals surface area (Å²) >= 11 is 1.60. The number of hydrogen-bond donors (Lipinski definition) is 1. The first kappa shape index (κ1) is 13.4. The predicted octanol–water partition coefficient (Wildman–Crippen LogP) is 4.06. The molecule has 20 heavy (non-hydrogen) atoms. The van der Waals surface area contributed by atoms with Gasteiger partial charge < -0.3 is 5.73 Å². The number of ketones is 1. The Morgan fingerprint density at radius 1 is 1.15 bits per heavy atom. The highest BCUT2D eigenvalue weighted by molar-refractivity contribution is 7.16. The number of aryl methyl sites for hydroxylation is 3. The number of nitrogen functional groups attached to an aromatic ring is 1. The third-order valence-corrected chi connectivity index (χ3v) is 5.32. The lowest BCUT2D eigenvalue weighted by molar-refractivity contribution is 0.103. The number of carbonyl (C=O) groups excluding carboxylic acids is 1. The molecule has 1 aliphatic carbocycles. The fourth-order valence-corrected chi connectivity index (χ4v) is 4.02. The van der Waals surface area contributed by atoms with Crippen LogP contribution < -0.4 is 5.73 Å². The molecule has 0 amide bonds. The van der Waals surface area contributed by atoms with E-state index in [1.54, 1.807) is 11.3 Å². The quantitative estimate of drug-likeness (QED) is 0.846. The Hall–Kier alpha value is -1.61. The molecule has 2 N–H and O–H groups in total. The molecule has 1 aromatic heterocycles. The van der Waals surface area contributed by atoms with Gasteiger partial charge in [0.15, 0.2) is 5.78 Å². The van der Waals surface area contributed by atoms with Crippen molar-refractivity contribution in [2.24, 2.45) is 0 Å². The van der Waals surface area contributed by atoms with Crippen LogP contribution in [0.3, 0.4) is 0 Å². The van der Waals surface area contributed by atoms with E-state index in [1.807, 2.05) is 25.1 Å². The zero-order chi connectivity index (χ0) is 14.3. The Kier molecular flexibility index (Phi) is 3.38. The summed E-state index contributed by atoms with van der Waals surface area (Å²) in [6, 6.07) is 5.90. The van der Waals surface area contributed by atoms with Crippen molar-refractivity contribution in [2.45, 2.75) is 39.5 Å². The lowest BCUT2D eigenvalue weighted by atomic mass is 9.91. The molecule has 2 nitrogen and oxygen atoms in total. The highest BCUT2D eigenvalue weighted by Gasteiger charge is 2.24. The van der Waals surface area contributed by atoms with Crippen LogP contribution in [0, 0.1) is 13.8 Å². The van der Waals surface area contributed by atoms with E-state index in [0.717, 1.165) is 36.0 Å². The summed E-state index contributed by atoms with van der Waals surface area (Å²) in [5.41, 5.74) is 11.2. The molecular weight excluding hydrogens is 266 g/mol. The third-order valence-electron chi connectivity index (χ3n) is 4.19. The van der Waals surface area contributed by atoms with Crippen LogP contribution in [0.4, 0.5) is 5.00 Å². The Morgan fingerprint density at radius 2 is 1.90 bits per heavy atom. The number of thiophene rings is 1. The molecule has 0 atom stereocenters. The van der Waals surface area contributed by atoms with Crippen LogP contribution >= 0.6 is 11.3 Å². The van der Waals surface area contributed by atoms with Crippen molar-refractivity contribution >= 4 is 22.1 Å². The molecule has 1 aromatic carbocycles. The third kappa shape index (κ3) is 2.16. The van der Waals surface area contributed by atoms with Crippen LogP contribution in [0.2, 0.25) is 0 Å². The number of fused-ring (bicyclic) bond motifs is 1. The van der Waals surface area contributed by atoms with Crippen molar-refractivity contribution in [3.63, 3.8) is 0 Å². The average Bonchev–Trinajstić information content (AvgIpc) is 2.77. The lowest BCUT2D eigenvalue weighted by Crippen LogP contribution is -2.09. The summed E-state index contributed by atoms with van der Waals surface area (Å²) in [4.78, 5) is 14.1. The maximum atomic E-state index is 12.8. The average molecular weight is 285 g/mol. The summed E-state index contributed by atoms with van der Waals surface area (Å²) in [6.07, 6.45) is 4.44. The van der Waals surface area contributed by atoms with Crippen LogP contribution in [0.15, 0.2) is 18.2 Å². The summed E-state index contributed by atoms with van der Waals surface area (Å²) < 4.78 is 0. The van der Waals surface area contributed by atoms with Crippen LogP contribution in [0.25, 0.3) is 0 Å². The van der Waals surface area contributed by atoms with Gasteiger partial charge in [-0.2, -0.15) is 0 Å². The van der Waals surface area contributed by atoms with Gasteiger partial charge in [-0.15, -0.1) is 11.3 Å². The number of carbonyl (C=O) groups is 1. The van der Waals surface area contributed by atoms with Crippen molar-refractivity contribution in [2.75, 3.05) is 5.73 Å². The van der Waals surface area contributed by atoms with Crippen LogP contribution in [-0.2, 0) is 12.8 Å². The minimum absolute atomic E-state index is 0.0880. The molecule has 3 heteroatoms. The fraction of sp³-hybridized carbons (Fsp3) is 0.353. The van der Waals surface area contributed by atoms with E-state index >= 15 is 0 Å². The Morgan fingerprint density at radius 3 is 2.65 bits per heavy atom. The molecule has 0 aliphatic heterocycles. The monoisotopic (exact) mass is 285 g/mol. The minimum Gasteiger partial charge on any atom is -0.390 e. The largest absolute Gasteiger partial charge is 0.390 e. The van der Waals surface area contributed by atoms with Gasteiger partial charge in [-0.25, -0.2) is 0 Å². The van der Waals surface area contributed by atoms with E-state index in [0.29, 0.717) is 5.00 Å². The smallest absolute Gasteiger partial charge is 0.196 e. The van der Waals surface area contributed by atoms with E-state index in [-0.39, 0.29) is 5.78 Å². The number of anilines is 1. The highest BCUT2D eigenvalue weighted by Crippen LogP contribution is 2.37. The Labute approximate surface area is 123 Å². The maximum absolute atomic E-state index is 12.8. The van der Waals surface area contributed by atoms with Crippen molar-refractivity contribution in [3.8, 4) is 0 Å². The molecule has 0 radical (unpaired) electrons. The highest BCUT2D eigenvalue weighted by atomic mass is 32.1. The molecule has 0 bridgehead atoms. The molecule has 0 saturated carbocycles. The second-order valence-corrected chi connectivity index (χ2v) is 6.72. The lowest BCUT2D eigenvalue weighted by Gasteiger charge is -2.12. The number of rotatable bonds is 2. The molecule has 0 spiro atoms. The predicted molar refractivity (Wildman–Crippen MR) is 84.7 cm³/mol. The molecule has 3 rings (SSSR count). The van der Waals surface area contributed by atoms with E-state index in [4.69, 9.17) is 5.73 Å². The molecule has 0 saturated heterocycles. The molecule has 2 aromatic rings. The first-order valence-electron chi connectivity index (χ1n) is 7.10. The van der Waals surface area contributed by atoms with Crippen molar-refractivity contribution in [3.05, 3.63) is 50.9 Å². The van der Waals surface area contributed by atoms with E-state index in [1.165, 1.54) is 22.4 Å². The summed E-state index contributed by atoms with van der Waals surface area (Å²) in [6.45, 7) is 4.10. The first-order valence-corrected chi connectivity index (χ1v) is 7.91. The SMILES string of the molecule is Cc1ccc(C(=O)c2c(N)sc3c2CCCC3)cc1C. The normalized spacial score (nSPS) is 14.1. The second-order valence-electron chi connectivity index (χ2n) is 5.58. The molecular formula is C17H19NOS. The summed E-state index contributed by atoms with van der Waals surface area (Å²) in [5.74, 6) is 0.0880. The van der Waals surface area contributed by atoms with Crippen molar-refractivity contribution in [1.82, 2.24) is 0 Å². The number of benzene rings is 1. The second kappa shape index (κ2) is 5.06. The van der Waals surface area contributed by atoms with E-state index < -0.39 is 0 Å². The summed E-state index contributed by atoms with van der Waals surface area (Å²) in [7, 11) is 0. The molecule has 0 unspecified atom stereocenters. The molecule has 1 aliphatic rings. The van der Waals surface area contributed by atoms with E-state index in [2.05, 4.69) is 6.92 Å². The molecule has 1 heterocycles. The van der Waals surface area contributed by atoms with Crippen LogP contribution in [-0.4, -0.2) is 5.78 Å². The van der Waals surface area contributed by atoms with Crippen LogP contribution in [0.1, 0.15) is 50.3 Å². The first-order chi connectivity index (χ1) is 9.58. The van der Waals surface area contributed by atoms with E-state index in [9.17, 15) is 4.79 Å². The van der Waals surface area contributed by atoms with Gasteiger partial charge in [-0.05, 0) is 62.3 Å². The van der Waals surface area contributed by atoms with Gasteiger partial charge >= 0.3 is 0 Å². The van der Waals surface area contributed by atoms with Crippen molar-refractivity contribution < 1.29 is 4.79 Å².